The van der Waals surface area contributed by atoms with Crippen molar-refractivity contribution in [2.24, 2.45) is 5.10 Å². The van der Waals surface area contributed by atoms with Gasteiger partial charge < -0.3 is 9.64 Å². The minimum atomic E-state index is -0.418. The van der Waals surface area contributed by atoms with Crippen molar-refractivity contribution in [1.82, 2.24) is 5.43 Å². The maximum absolute atomic E-state index is 14.8. The van der Waals surface area contributed by atoms with E-state index in [4.69, 9.17) is 4.74 Å². The fraction of sp³-hybridized carbons (Fsp3) is 0.417. The molecular weight excluding hydrogens is 461 g/mol. The molecule has 5 nitrogen and oxygen atoms in total. The number of rotatable bonds is 7. The van der Waals surface area contributed by atoms with Crippen molar-refractivity contribution >= 4 is 33.7 Å². The van der Waals surface area contributed by atoms with Crippen LogP contribution in [0.15, 0.2) is 46.0 Å². The Morgan fingerprint density at radius 1 is 1.39 bits per heavy atom. The van der Waals surface area contributed by atoms with E-state index in [9.17, 15) is 9.18 Å². The van der Waals surface area contributed by atoms with Crippen LogP contribution >= 0.6 is 15.9 Å². The van der Waals surface area contributed by atoms with Crippen LogP contribution in [-0.2, 0) is 4.79 Å². The monoisotopic (exact) mass is 489 g/mol. The highest BCUT2D eigenvalue weighted by Crippen LogP contribution is 2.44. The van der Waals surface area contributed by atoms with Gasteiger partial charge in [0, 0.05) is 27.8 Å². The zero-order chi connectivity index (χ0) is 22.6. The highest BCUT2D eigenvalue weighted by molar-refractivity contribution is 9.10. The molecule has 0 spiro atoms. The van der Waals surface area contributed by atoms with Gasteiger partial charge in [-0.3, -0.25) is 4.79 Å². The molecule has 1 atom stereocenters. The first kappa shape index (κ1) is 23.3. The SMILES string of the molecule is CCCN1c2cc(F)c(/C=N/NC(=O)COc3cccc(Br)c3)cc2C(C)CC1(C)C. The quantitative estimate of drug-likeness (QED) is 0.405. The lowest BCUT2D eigenvalue weighted by atomic mass is 9.79. The molecule has 0 radical (unpaired) electrons. The van der Waals surface area contributed by atoms with Gasteiger partial charge in [0.1, 0.15) is 11.6 Å². The van der Waals surface area contributed by atoms with Crippen LogP contribution in [0.5, 0.6) is 5.75 Å². The standard InChI is InChI=1S/C24H29BrFN3O2/c1-5-9-29-22-12-21(26)17(10-20(22)16(2)13-24(29,3)4)14-27-28-23(30)15-31-19-8-6-7-18(25)11-19/h6-8,10-12,14,16H,5,9,13,15H2,1-4H3,(H,28,30)/b27-14+. The van der Waals surface area contributed by atoms with Crippen molar-refractivity contribution in [1.29, 1.82) is 0 Å². The summed E-state index contributed by atoms with van der Waals surface area (Å²) in [5.74, 6) is 0.105. The van der Waals surface area contributed by atoms with E-state index in [0.29, 0.717) is 17.2 Å². The van der Waals surface area contributed by atoms with Crippen molar-refractivity contribution < 1.29 is 13.9 Å². The fourth-order valence-corrected chi connectivity index (χ4v) is 4.56. The third kappa shape index (κ3) is 5.64. The molecule has 1 unspecified atom stereocenters. The Morgan fingerprint density at radius 2 is 2.16 bits per heavy atom. The van der Waals surface area contributed by atoms with Gasteiger partial charge in [-0.2, -0.15) is 5.10 Å². The van der Waals surface area contributed by atoms with E-state index in [0.717, 1.165) is 35.1 Å². The molecule has 1 heterocycles. The normalized spacial score (nSPS) is 17.5. The van der Waals surface area contributed by atoms with Crippen LogP contribution in [0.25, 0.3) is 0 Å². The Balaban J connectivity index is 1.69. The van der Waals surface area contributed by atoms with Gasteiger partial charge in [0.2, 0.25) is 0 Å². The summed E-state index contributed by atoms with van der Waals surface area (Å²) in [6, 6.07) is 10.7. The topological polar surface area (TPSA) is 53.9 Å². The maximum atomic E-state index is 14.8. The Bertz CT molecular complexity index is 977. The number of fused-ring (bicyclic) bond motifs is 1. The number of nitrogens with zero attached hydrogens (tertiary/aromatic N) is 2. The molecule has 2 aromatic carbocycles. The summed E-state index contributed by atoms with van der Waals surface area (Å²) >= 11 is 3.35. The second-order valence-electron chi connectivity index (χ2n) is 8.54. The summed E-state index contributed by atoms with van der Waals surface area (Å²) in [6.07, 6.45) is 3.34. The van der Waals surface area contributed by atoms with Gasteiger partial charge in [-0.1, -0.05) is 35.8 Å². The van der Waals surface area contributed by atoms with Crippen molar-refractivity contribution in [3.8, 4) is 5.75 Å². The predicted octanol–water partition coefficient (Wildman–Crippen LogP) is 5.62. The van der Waals surface area contributed by atoms with Crippen LogP contribution in [0, 0.1) is 5.82 Å². The summed E-state index contributed by atoms with van der Waals surface area (Å²) in [6.45, 7) is 9.42. The Hall–Kier alpha value is -2.41. The van der Waals surface area contributed by atoms with Gasteiger partial charge in [0.25, 0.3) is 5.91 Å². The average molecular weight is 490 g/mol. The van der Waals surface area contributed by atoms with Crippen molar-refractivity contribution in [2.45, 2.75) is 52.0 Å². The molecule has 1 amide bonds. The number of hydrazone groups is 1. The summed E-state index contributed by atoms with van der Waals surface area (Å²) < 4.78 is 21.1. The molecule has 7 heteroatoms. The number of benzene rings is 2. The fourth-order valence-electron chi connectivity index (χ4n) is 4.18. The minimum Gasteiger partial charge on any atom is -0.484 e. The Morgan fingerprint density at radius 3 is 2.87 bits per heavy atom. The largest absolute Gasteiger partial charge is 0.484 e. The molecule has 2 aromatic rings. The number of amides is 1. The molecular formula is C24H29BrFN3O2. The van der Waals surface area contributed by atoms with E-state index in [1.54, 1.807) is 18.2 Å². The number of hydrogen-bond acceptors (Lipinski definition) is 4. The number of anilines is 1. The van der Waals surface area contributed by atoms with Crippen molar-refractivity contribution in [3.05, 3.63) is 57.8 Å². The molecule has 1 aliphatic heterocycles. The molecule has 0 bridgehead atoms. The van der Waals surface area contributed by atoms with Gasteiger partial charge in [-0.15, -0.1) is 0 Å². The highest BCUT2D eigenvalue weighted by Gasteiger charge is 2.36. The molecule has 0 saturated carbocycles. The van der Waals surface area contributed by atoms with Gasteiger partial charge in [0.05, 0.1) is 6.21 Å². The second kappa shape index (κ2) is 9.81. The number of carbonyl (C=O) groups is 1. The molecule has 0 aromatic heterocycles. The molecule has 0 saturated heterocycles. The average Bonchev–Trinajstić information content (AvgIpc) is 2.70. The first-order valence-corrected chi connectivity index (χ1v) is 11.3. The van der Waals surface area contributed by atoms with Gasteiger partial charge in [-0.25, -0.2) is 9.82 Å². The molecule has 1 N–H and O–H groups in total. The molecule has 0 fully saturated rings. The van der Waals surface area contributed by atoms with Crippen LogP contribution in [0.2, 0.25) is 0 Å². The lowest BCUT2D eigenvalue weighted by molar-refractivity contribution is -0.123. The third-order valence-corrected chi connectivity index (χ3v) is 6.00. The molecule has 166 valence electrons. The first-order chi connectivity index (χ1) is 14.7. The zero-order valence-corrected chi connectivity index (χ0v) is 20.0. The predicted molar refractivity (Wildman–Crippen MR) is 127 cm³/mol. The van der Waals surface area contributed by atoms with Gasteiger partial charge in [0.15, 0.2) is 6.61 Å². The Kier molecular flexibility index (Phi) is 7.36. The summed E-state index contributed by atoms with van der Waals surface area (Å²) in [5.41, 5.74) is 4.79. The van der Waals surface area contributed by atoms with E-state index in [-0.39, 0.29) is 18.0 Å². The van der Waals surface area contributed by atoms with E-state index in [1.165, 1.54) is 6.21 Å². The molecule has 0 aliphatic carbocycles. The first-order valence-electron chi connectivity index (χ1n) is 10.5. The minimum absolute atomic E-state index is 0.0210. The third-order valence-electron chi connectivity index (χ3n) is 5.51. The molecule has 1 aliphatic rings. The summed E-state index contributed by atoms with van der Waals surface area (Å²) in [7, 11) is 0. The lowest BCUT2D eigenvalue weighted by Gasteiger charge is -2.47. The summed E-state index contributed by atoms with van der Waals surface area (Å²) in [5, 5.41) is 3.92. The number of carbonyl (C=O) groups excluding carboxylic acids is 1. The number of nitrogens with one attached hydrogen (secondary N) is 1. The van der Waals surface area contributed by atoms with E-state index < -0.39 is 5.91 Å². The van der Waals surface area contributed by atoms with Crippen LogP contribution in [0.1, 0.15) is 57.6 Å². The van der Waals surface area contributed by atoms with Gasteiger partial charge in [-0.05, 0) is 68.5 Å². The molecule has 3 rings (SSSR count). The Labute approximate surface area is 191 Å². The smallest absolute Gasteiger partial charge is 0.277 e. The van der Waals surface area contributed by atoms with E-state index in [1.807, 2.05) is 18.2 Å². The highest BCUT2D eigenvalue weighted by atomic mass is 79.9. The summed E-state index contributed by atoms with van der Waals surface area (Å²) in [4.78, 5) is 14.3. The number of ether oxygens (including phenoxy) is 1. The van der Waals surface area contributed by atoms with Crippen LogP contribution in [0.4, 0.5) is 10.1 Å². The van der Waals surface area contributed by atoms with Gasteiger partial charge >= 0.3 is 0 Å². The maximum Gasteiger partial charge on any atom is 0.277 e. The van der Waals surface area contributed by atoms with Crippen LogP contribution in [-0.4, -0.2) is 30.8 Å². The van der Waals surface area contributed by atoms with Crippen LogP contribution in [0.3, 0.4) is 0 Å². The van der Waals surface area contributed by atoms with Crippen molar-refractivity contribution in [2.75, 3.05) is 18.1 Å². The number of halogens is 2. The van der Waals surface area contributed by atoms with Crippen molar-refractivity contribution in [3.63, 3.8) is 0 Å². The zero-order valence-electron chi connectivity index (χ0n) is 18.4. The second-order valence-corrected chi connectivity index (χ2v) is 9.46. The molecule has 31 heavy (non-hydrogen) atoms. The lowest BCUT2D eigenvalue weighted by Crippen LogP contribution is -2.48. The van der Waals surface area contributed by atoms with E-state index in [2.05, 4.69) is 59.1 Å². The number of hydrogen-bond donors (Lipinski definition) is 1. The van der Waals surface area contributed by atoms with Crippen LogP contribution < -0.4 is 15.1 Å². The van der Waals surface area contributed by atoms with E-state index >= 15 is 0 Å².